The molecule has 0 saturated carbocycles. The van der Waals surface area contributed by atoms with Gasteiger partial charge in [0.25, 0.3) is 5.56 Å². The number of aromatic amines is 1. The highest BCUT2D eigenvalue weighted by Crippen LogP contribution is 2.21. The number of nitrogens with zero attached hydrogens (tertiary/aromatic N) is 2. The van der Waals surface area contributed by atoms with Crippen LogP contribution in [0.2, 0.25) is 0 Å². The van der Waals surface area contributed by atoms with Gasteiger partial charge in [0.15, 0.2) is 0 Å². The summed E-state index contributed by atoms with van der Waals surface area (Å²) in [6, 6.07) is 0. The Morgan fingerprint density at radius 2 is 2.11 bits per heavy atom. The largest absolute Gasteiger partial charge is 0.493 e. The maximum atomic E-state index is 11.9. The molecule has 0 unspecified atom stereocenters. The van der Waals surface area contributed by atoms with E-state index in [2.05, 4.69) is 15.3 Å². The molecule has 2 heterocycles. The van der Waals surface area contributed by atoms with Gasteiger partial charge in [-0.1, -0.05) is 13.8 Å². The van der Waals surface area contributed by atoms with Gasteiger partial charge in [-0.3, -0.25) is 9.78 Å². The van der Waals surface area contributed by atoms with Gasteiger partial charge in [-0.15, -0.1) is 0 Å². The molecule has 18 heavy (non-hydrogen) atoms. The Bertz CT molecular complexity index is 462. The Kier molecular flexibility index (Phi) is 3.86. The van der Waals surface area contributed by atoms with Crippen molar-refractivity contribution in [2.24, 2.45) is 0 Å². The third-order valence-electron chi connectivity index (χ3n) is 3.14. The first kappa shape index (κ1) is 12.9. The van der Waals surface area contributed by atoms with E-state index in [0.29, 0.717) is 11.5 Å². The molecule has 1 aliphatic rings. The van der Waals surface area contributed by atoms with E-state index in [9.17, 15) is 9.90 Å². The van der Waals surface area contributed by atoms with Gasteiger partial charge in [-0.05, 0) is 18.9 Å². The van der Waals surface area contributed by atoms with Crippen LogP contribution in [-0.2, 0) is 0 Å². The van der Waals surface area contributed by atoms with Gasteiger partial charge >= 0.3 is 0 Å². The van der Waals surface area contributed by atoms with E-state index in [1.54, 1.807) is 0 Å². The van der Waals surface area contributed by atoms with Crippen molar-refractivity contribution in [2.75, 3.05) is 31.1 Å². The predicted octanol–water partition coefficient (Wildman–Crippen LogP) is 0.399. The number of hydrogen-bond donors (Lipinski definition) is 3. The number of hydrogen-bond acceptors (Lipinski definition) is 5. The molecule has 0 aliphatic carbocycles. The number of H-pyrrole nitrogens is 1. The second-order valence-corrected chi connectivity index (χ2v) is 4.87. The highest BCUT2D eigenvalue weighted by Gasteiger charge is 2.17. The van der Waals surface area contributed by atoms with E-state index >= 15 is 0 Å². The molecule has 1 fully saturated rings. The Balaban J connectivity index is 2.32. The number of rotatable bonds is 2. The van der Waals surface area contributed by atoms with Gasteiger partial charge in [0.1, 0.15) is 0 Å². The van der Waals surface area contributed by atoms with Gasteiger partial charge in [0.2, 0.25) is 11.8 Å². The smallest absolute Gasteiger partial charge is 0.259 e. The maximum Gasteiger partial charge on any atom is 0.259 e. The summed E-state index contributed by atoms with van der Waals surface area (Å²) in [7, 11) is 0. The second-order valence-electron chi connectivity index (χ2n) is 4.87. The minimum atomic E-state index is -0.246. The zero-order valence-corrected chi connectivity index (χ0v) is 10.9. The molecule has 0 atom stereocenters. The van der Waals surface area contributed by atoms with Gasteiger partial charge in [-0.25, -0.2) is 0 Å². The quantitative estimate of drug-likeness (QED) is 0.710. The lowest BCUT2D eigenvalue weighted by atomic mass is 10.1. The van der Waals surface area contributed by atoms with Crippen LogP contribution in [0.15, 0.2) is 4.79 Å². The molecule has 0 spiro atoms. The highest BCUT2D eigenvalue weighted by atomic mass is 16.3. The summed E-state index contributed by atoms with van der Waals surface area (Å²) in [4.78, 5) is 20.8. The van der Waals surface area contributed by atoms with Crippen LogP contribution in [0.25, 0.3) is 0 Å². The lowest BCUT2D eigenvalue weighted by Crippen LogP contribution is -2.31. The summed E-state index contributed by atoms with van der Waals surface area (Å²) >= 11 is 0. The summed E-state index contributed by atoms with van der Waals surface area (Å²) in [5.74, 6) is 0.271. The van der Waals surface area contributed by atoms with Crippen molar-refractivity contribution in [3.63, 3.8) is 0 Å². The Morgan fingerprint density at radius 3 is 2.78 bits per heavy atom. The van der Waals surface area contributed by atoms with Crippen molar-refractivity contribution < 1.29 is 5.11 Å². The van der Waals surface area contributed by atoms with Crippen LogP contribution in [-0.4, -0.2) is 41.3 Å². The van der Waals surface area contributed by atoms with E-state index in [1.165, 1.54) is 0 Å². The molecule has 0 aromatic carbocycles. The molecule has 100 valence electrons. The van der Waals surface area contributed by atoms with Crippen LogP contribution in [0.1, 0.15) is 31.7 Å². The van der Waals surface area contributed by atoms with Crippen LogP contribution >= 0.6 is 0 Å². The summed E-state index contributed by atoms with van der Waals surface area (Å²) in [6.07, 6.45) is 0.996. The molecule has 3 N–H and O–H groups in total. The zero-order chi connectivity index (χ0) is 13.1. The van der Waals surface area contributed by atoms with E-state index in [1.807, 2.05) is 18.7 Å². The van der Waals surface area contributed by atoms with Gasteiger partial charge < -0.3 is 15.3 Å². The van der Waals surface area contributed by atoms with Crippen molar-refractivity contribution >= 4 is 5.95 Å². The molecule has 0 radical (unpaired) electrons. The molecule has 0 bridgehead atoms. The first-order valence-electron chi connectivity index (χ1n) is 6.38. The van der Waals surface area contributed by atoms with E-state index in [0.717, 1.165) is 32.6 Å². The number of aromatic nitrogens is 2. The normalized spacial score (nSPS) is 16.9. The zero-order valence-electron chi connectivity index (χ0n) is 10.9. The van der Waals surface area contributed by atoms with Crippen molar-refractivity contribution in [1.82, 2.24) is 15.3 Å². The molecular formula is C12H20N4O2. The molecule has 0 amide bonds. The van der Waals surface area contributed by atoms with Crippen LogP contribution in [0.5, 0.6) is 5.88 Å². The van der Waals surface area contributed by atoms with Gasteiger partial charge in [-0.2, -0.15) is 4.98 Å². The SMILES string of the molecule is CC(C)c1c(O)nc(N2CCCNCC2)[nH]c1=O. The summed E-state index contributed by atoms with van der Waals surface area (Å²) in [5.41, 5.74) is 0.108. The molecule has 2 rings (SSSR count). The second kappa shape index (κ2) is 5.39. The fourth-order valence-corrected chi connectivity index (χ4v) is 2.19. The predicted molar refractivity (Wildman–Crippen MR) is 70.3 cm³/mol. The summed E-state index contributed by atoms with van der Waals surface area (Å²) in [5, 5.41) is 13.2. The number of nitrogens with one attached hydrogen (secondary N) is 2. The molecule has 1 aromatic rings. The minimum absolute atomic E-state index is 0.0406. The average molecular weight is 252 g/mol. The molecule has 6 nitrogen and oxygen atoms in total. The number of aromatic hydroxyl groups is 1. The molecule has 1 aromatic heterocycles. The fraction of sp³-hybridized carbons (Fsp3) is 0.667. The highest BCUT2D eigenvalue weighted by molar-refractivity contribution is 5.37. The van der Waals surface area contributed by atoms with Crippen molar-refractivity contribution in [2.45, 2.75) is 26.2 Å². The Hall–Kier alpha value is -1.56. The lowest BCUT2D eigenvalue weighted by molar-refractivity contribution is 0.439. The van der Waals surface area contributed by atoms with Gasteiger partial charge in [0, 0.05) is 19.6 Å². The first-order chi connectivity index (χ1) is 8.59. The molecule has 1 aliphatic heterocycles. The van der Waals surface area contributed by atoms with E-state index in [4.69, 9.17) is 0 Å². The van der Waals surface area contributed by atoms with Crippen LogP contribution < -0.4 is 15.8 Å². The minimum Gasteiger partial charge on any atom is -0.493 e. The standard InChI is InChI=1S/C12H20N4O2/c1-8(2)9-10(17)14-12(15-11(9)18)16-6-3-4-13-5-7-16/h8,13H,3-7H2,1-2H3,(H2,14,15,17,18). The summed E-state index contributed by atoms with van der Waals surface area (Å²) < 4.78 is 0. The monoisotopic (exact) mass is 252 g/mol. The average Bonchev–Trinajstić information content (AvgIpc) is 2.55. The fourth-order valence-electron chi connectivity index (χ4n) is 2.19. The lowest BCUT2D eigenvalue weighted by Gasteiger charge is -2.21. The Labute approximate surface area is 106 Å². The van der Waals surface area contributed by atoms with Crippen molar-refractivity contribution in [3.05, 3.63) is 15.9 Å². The summed E-state index contributed by atoms with van der Waals surface area (Å²) in [6.45, 7) is 7.16. The molecular weight excluding hydrogens is 232 g/mol. The third-order valence-corrected chi connectivity index (χ3v) is 3.14. The van der Waals surface area contributed by atoms with Crippen LogP contribution in [0.3, 0.4) is 0 Å². The molecule has 6 heteroatoms. The topological polar surface area (TPSA) is 81.2 Å². The van der Waals surface area contributed by atoms with Crippen LogP contribution in [0.4, 0.5) is 5.95 Å². The van der Waals surface area contributed by atoms with Gasteiger partial charge in [0.05, 0.1) is 5.56 Å². The van der Waals surface area contributed by atoms with Crippen molar-refractivity contribution in [1.29, 1.82) is 0 Å². The third kappa shape index (κ3) is 2.64. The van der Waals surface area contributed by atoms with Crippen molar-refractivity contribution in [3.8, 4) is 5.88 Å². The number of anilines is 1. The maximum absolute atomic E-state index is 11.9. The van der Waals surface area contributed by atoms with Crippen LogP contribution in [0, 0.1) is 0 Å². The first-order valence-corrected chi connectivity index (χ1v) is 6.38. The van der Waals surface area contributed by atoms with E-state index in [-0.39, 0.29) is 17.4 Å². The molecule has 1 saturated heterocycles. The Morgan fingerprint density at radius 1 is 1.33 bits per heavy atom. The van der Waals surface area contributed by atoms with E-state index < -0.39 is 0 Å².